The van der Waals surface area contributed by atoms with Gasteiger partial charge in [-0.3, -0.25) is 4.79 Å². The first-order valence-corrected chi connectivity index (χ1v) is 6.25. The number of hydrogen-bond donors (Lipinski definition) is 2. The number of nitrogens with one attached hydrogen (secondary N) is 2. The Morgan fingerprint density at radius 1 is 1.58 bits per heavy atom. The van der Waals surface area contributed by atoms with Crippen LogP contribution in [0.3, 0.4) is 0 Å². The minimum Gasteiger partial charge on any atom is -0.376 e. The van der Waals surface area contributed by atoms with Crippen LogP contribution in [0.4, 0.5) is 10.1 Å². The van der Waals surface area contributed by atoms with E-state index in [4.69, 9.17) is 5.26 Å². The van der Waals surface area contributed by atoms with Crippen molar-refractivity contribution in [3.63, 3.8) is 0 Å². The van der Waals surface area contributed by atoms with E-state index < -0.39 is 5.54 Å². The number of carbonyl (C=O) groups excluding carboxylic acids is 1. The number of benzene rings is 1. The first kappa shape index (κ1) is 13.3. The van der Waals surface area contributed by atoms with Gasteiger partial charge in [0.25, 0.3) is 0 Å². The van der Waals surface area contributed by atoms with Crippen molar-refractivity contribution in [1.82, 2.24) is 5.32 Å². The van der Waals surface area contributed by atoms with E-state index in [0.717, 1.165) is 12.8 Å². The molecular weight excluding hydrogens is 245 g/mol. The normalized spacial score (nSPS) is 17.1. The summed E-state index contributed by atoms with van der Waals surface area (Å²) in [7, 11) is 0. The molecule has 0 heterocycles. The maximum atomic E-state index is 12.9. The van der Waals surface area contributed by atoms with Gasteiger partial charge in [0, 0.05) is 5.69 Å². The predicted octanol–water partition coefficient (Wildman–Crippen LogP) is 2.05. The minimum absolute atomic E-state index is 0.0213. The second kappa shape index (κ2) is 5.27. The van der Waals surface area contributed by atoms with E-state index in [1.807, 2.05) is 0 Å². The summed E-state index contributed by atoms with van der Waals surface area (Å²) < 4.78 is 12.9. The number of carbonyl (C=O) groups is 1. The Morgan fingerprint density at radius 3 is 2.89 bits per heavy atom. The fourth-order valence-corrected chi connectivity index (χ4v) is 2.00. The van der Waals surface area contributed by atoms with Crippen LogP contribution in [0.1, 0.15) is 19.8 Å². The van der Waals surface area contributed by atoms with Crippen molar-refractivity contribution in [2.24, 2.45) is 5.92 Å². The average molecular weight is 261 g/mol. The molecule has 100 valence electrons. The molecule has 0 saturated heterocycles. The molecule has 1 aliphatic rings. The van der Waals surface area contributed by atoms with Gasteiger partial charge in [-0.05, 0) is 43.9 Å². The van der Waals surface area contributed by atoms with Gasteiger partial charge in [-0.1, -0.05) is 6.07 Å². The highest BCUT2D eigenvalue weighted by Gasteiger charge is 2.42. The van der Waals surface area contributed by atoms with Crippen LogP contribution in [-0.2, 0) is 4.79 Å². The van der Waals surface area contributed by atoms with E-state index in [-0.39, 0.29) is 24.2 Å². The molecular formula is C14H16FN3O. The maximum absolute atomic E-state index is 12.9. The molecule has 0 radical (unpaired) electrons. The second-order valence-electron chi connectivity index (χ2n) is 5.00. The van der Waals surface area contributed by atoms with Crippen LogP contribution >= 0.6 is 0 Å². The van der Waals surface area contributed by atoms with E-state index in [1.165, 1.54) is 12.1 Å². The molecule has 1 amide bonds. The number of anilines is 1. The van der Waals surface area contributed by atoms with Crippen molar-refractivity contribution < 1.29 is 9.18 Å². The van der Waals surface area contributed by atoms with Crippen LogP contribution in [0.5, 0.6) is 0 Å². The fraction of sp³-hybridized carbons (Fsp3) is 0.429. The van der Waals surface area contributed by atoms with E-state index in [0.29, 0.717) is 5.69 Å². The quantitative estimate of drug-likeness (QED) is 0.852. The van der Waals surface area contributed by atoms with Gasteiger partial charge in [0.15, 0.2) is 0 Å². The van der Waals surface area contributed by atoms with Gasteiger partial charge in [0.2, 0.25) is 5.91 Å². The van der Waals surface area contributed by atoms with Crippen molar-refractivity contribution in [2.45, 2.75) is 25.3 Å². The molecule has 5 heteroatoms. The Bertz CT molecular complexity index is 522. The zero-order valence-corrected chi connectivity index (χ0v) is 10.7. The van der Waals surface area contributed by atoms with E-state index in [2.05, 4.69) is 16.7 Å². The molecule has 19 heavy (non-hydrogen) atoms. The lowest BCUT2D eigenvalue weighted by Gasteiger charge is -2.23. The molecule has 0 bridgehead atoms. The van der Waals surface area contributed by atoms with Gasteiger partial charge >= 0.3 is 0 Å². The lowest BCUT2D eigenvalue weighted by atomic mass is 9.98. The molecule has 1 aromatic carbocycles. The van der Waals surface area contributed by atoms with Crippen molar-refractivity contribution in [3.8, 4) is 6.07 Å². The van der Waals surface area contributed by atoms with Gasteiger partial charge in [0.1, 0.15) is 11.4 Å². The summed E-state index contributed by atoms with van der Waals surface area (Å²) in [5.74, 6) is -0.374. The Kier molecular flexibility index (Phi) is 3.70. The van der Waals surface area contributed by atoms with Gasteiger partial charge < -0.3 is 10.6 Å². The van der Waals surface area contributed by atoms with Gasteiger partial charge in [0.05, 0.1) is 12.6 Å². The summed E-state index contributed by atoms with van der Waals surface area (Å²) in [5, 5.41) is 14.7. The molecule has 1 aromatic rings. The SMILES string of the molecule is C[C@](C#N)(NC(=O)CNc1cccc(F)c1)C1CC1. The molecule has 2 N–H and O–H groups in total. The molecule has 0 spiro atoms. The summed E-state index contributed by atoms with van der Waals surface area (Å²) in [4.78, 5) is 11.8. The van der Waals surface area contributed by atoms with Crippen LogP contribution in [0.25, 0.3) is 0 Å². The van der Waals surface area contributed by atoms with Crippen LogP contribution in [0.2, 0.25) is 0 Å². The monoisotopic (exact) mass is 261 g/mol. The summed E-state index contributed by atoms with van der Waals surface area (Å²) in [6.07, 6.45) is 1.95. The predicted molar refractivity (Wildman–Crippen MR) is 69.8 cm³/mol. The molecule has 1 fully saturated rings. The summed E-state index contributed by atoms with van der Waals surface area (Å²) in [6, 6.07) is 8.06. The Balaban J connectivity index is 1.86. The second-order valence-corrected chi connectivity index (χ2v) is 5.00. The van der Waals surface area contributed by atoms with Crippen LogP contribution in [0.15, 0.2) is 24.3 Å². The summed E-state index contributed by atoms with van der Waals surface area (Å²) in [6.45, 7) is 1.76. The van der Waals surface area contributed by atoms with Crippen molar-refractivity contribution >= 4 is 11.6 Å². The highest BCUT2D eigenvalue weighted by molar-refractivity contribution is 5.81. The number of hydrogen-bond acceptors (Lipinski definition) is 3. The number of nitrogens with zero attached hydrogens (tertiary/aromatic N) is 1. The Labute approximate surface area is 111 Å². The molecule has 1 atom stereocenters. The fourth-order valence-electron chi connectivity index (χ4n) is 2.00. The summed E-state index contributed by atoms with van der Waals surface area (Å²) >= 11 is 0. The van der Waals surface area contributed by atoms with Gasteiger partial charge in [-0.15, -0.1) is 0 Å². The number of nitriles is 1. The van der Waals surface area contributed by atoms with Crippen LogP contribution in [0, 0.1) is 23.1 Å². The zero-order chi connectivity index (χ0) is 13.9. The third-order valence-corrected chi connectivity index (χ3v) is 3.30. The van der Waals surface area contributed by atoms with E-state index >= 15 is 0 Å². The van der Waals surface area contributed by atoms with E-state index in [1.54, 1.807) is 19.1 Å². The highest BCUT2D eigenvalue weighted by Crippen LogP contribution is 2.39. The van der Waals surface area contributed by atoms with Crippen LogP contribution in [-0.4, -0.2) is 18.0 Å². The van der Waals surface area contributed by atoms with Crippen molar-refractivity contribution in [1.29, 1.82) is 5.26 Å². The maximum Gasteiger partial charge on any atom is 0.240 e. The lowest BCUT2D eigenvalue weighted by Crippen LogP contribution is -2.48. The third-order valence-electron chi connectivity index (χ3n) is 3.30. The van der Waals surface area contributed by atoms with Gasteiger partial charge in [-0.2, -0.15) is 5.26 Å². The largest absolute Gasteiger partial charge is 0.376 e. The number of rotatable bonds is 5. The van der Waals surface area contributed by atoms with Crippen molar-refractivity contribution in [2.75, 3.05) is 11.9 Å². The molecule has 1 aliphatic carbocycles. The third kappa shape index (κ3) is 3.44. The minimum atomic E-state index is -0.791. The van der Waals surface area contributed by atoms with Crippen molar-refractivity contribution in [3.05, 3.63) is 30.1 Å². The smallest absolute Gasteiger partial charge is 0.240 e. The molecule has 0 aliphatic heterocycles. The first-order chi connectivity index (χ1) is 9.03. The molecule has 0 aromatic heterocycles. The Morgan fingerprint density at radius 2 is 2.32 bits per heavy atom. The zero-order valence-electron chi connectivity index (χ0n) is 10.7. The van der Waals surface area contributed by atoms with E-state index in [9.17, 15) is 9.18 Å². The average Bonchev–Trinajstić information content (AvgIpc) is 3.21. The van der Waals surface area contributed by atoms with Gasteiger partial charge in [-0.25, -0.2) is 4.39 Å². The molecule has 0 unspecified atom stereocenters. The lowest BCUT2D eigenvalue weighted by molar-refractivity contribution is -0.120. The molecule has 2 rings (SSSR count). The molecule has 1 saturated carbocycles. The first-order valence-electron chi connectivity index (χ1n) is 6.25. The Hall–Kier alpha value is -2.09. The molecule has 4 nitrogen and oxygen atoms in total. The topological polar surface area (TPSA) is 64.9 Å². The highest BCUT2D eigenvalue weighted by atomic mass is 19.1. The number of amides is 1. The number of halogens is 1. The summed E-state index contributed by atoms with van der Waals surface area (Å²) in [5.41, 5.74) is -0.249. The van der Waals surface area contributed by atoms with Crippen LogP contribution < -0.4 is 10.6 Å². The standard InChI is InChI=1S/C14H16FN3O/c1-14(9-16,10-5-6-10)18-13(19)8-17-12-4-2-3-11(15)7-12/h2-4,7,10,17H,5-6,8H2,1H3,(H,18,19)/t14-/m1/s1.